The molecule has 3 N–H and O–H groups in total. The number of unbranched alkanes of at least 4 members (excludes halogenated alkanes) is 22. The van der Waals surface area contributed by atoms with E-state index >= 15 is 0 Å². The average Bonchev–Trinajstić information content (AvgIpc) is 2.87. The third kappa shape index (κ3) is 24.8. The number of carbonyl (C=O) groups excluding carboxylic acids is 1. The van der Waals surface area contributed by atoms with Crippen LogP contribution in [0.5, 0.6) is 0 Å². The Balaban J connectivity index is 3.24. The first-order valence-corrected chi connectivity index (χ1v) is 15.7. The van der Waals surface area contributed by atoms with Crippen molar-refractivity contribution in [1.29, 1.82) is 0 Å². The van der Waals surface area contributed by atoms with Crippen molar-refractivity contribution in [2.75, 3.05) is 6.61 Å². The number of amides is 1. The Morgan fingerprint density at radius 3 is 1.17 bits per heavy atom. The molecule has 0 radical (unpaired) electrons. The molecule has 210 valence electrons. The molecular weight excluding hydrogens is 434 g/mol. The van der Waals surface area contributed by atoms with Crippen molar-refractivity contribution in [3.05, 3.63) is 0 Å². The van der Waals surface area contributed by atoms with Crippen LogP contribution in [0.4, 0.5) is 0 Å². The first kappa shape index (κ1) is 34.4. The Bertz CT molecular complexity index is 429. The Kier molecular flexibility index (Phi) is 27.5. The molecule has 0 fully saturated rings. The van der Waals surface area contributed by atoms with Gasteiger partial charge in [0.05, 0.1) is 18.8 Å². The number of rotatable bonds is 28. The lowest BCUT2D eigenvalue weighted by Crippen LogP contribution is -2.45. The molecule has 2 unspecified atom stereocenters. The summed E-state index contributed by atoms with van der Waals surface area (Å²) in [6.07, 6.45) is 32.0. The third-order valence-electron chi connectivity index (χ3n) is 7.43. The van der Waals surface area contributed by atoms with Gasteiger partial charge >= 0.3 is 0 Å². The fourth-order valence-electron chi connectivity index (χ4n) is 4.91. The summed E-state index contributed by atoms with van der Waals surface area (Å²) in [6.45, 7) is 3.86. The van der Waals surface area contributed by atoms with Gasteiger partial charge in [0, 0.05) is 6.42 Å². The van der Waals surface area contributed by atoms with Gasteiger partial charge in [0.15, 0.2) is 0 Å². The van der Waals surface area contributed by atoms with Gasteiger partial charge in [-0.3, -0.25) is 4.79 Å². The van der Waals surface area contributed by atoms with Gasteiger partial charge in [-0.1, -0.05) is 162 Å². The molecule has 1 amide bonds. The lowest BCUT2D eigenvalue weighted by Gasteiger charge is -2.22. The molecule has 0 heterocycles. The maximum absolute atomic E-state index is 11.4. The summed E-state index contributed by atoms with van der Waals surface area (Å²) in [7, 11) is 0. The van der Waals surface area contributed by atoms with E-state index in [-0.39, 0.29) is 12.5 Å². The molecule has 0 aromatic rings. The summed E-state index contributed by atoms with van der Waals surface area (Å²) in [6, 6.07) is -0.526. The van der Waals surface area contributed by atoms with Gasteiger partial charge in [-0.25, -0.2) is 0 Å². The van der Waals surface area contributed by atoms with Crippen molar-refractivity contribution in [1.82, 2.24) is 5.32 Å². The summed E-state index contributed by atoms with van der Waals surface area (Å²) in [5.41, 5.74) is 0. The highest BCUT2D eigenvalue weighted by Crippen LogP contribution is 2.16. The van der Waals surface area contributed by atoms with Crippen LogP contribution in [-0.4, -0.2) is 34.9 Å². The van der Waals surface area contributed by atoms with Crippen molar-refractivity contribution < 1.29 is 15.0 Å². The molecule has 0 saturated heterocycles. The molecule has 0 aliphatic heterocycles. The monoisotopic (exact) mass is 497 g/mol. The van der Waals surface area contributed by atoms with Gasteiger partial charge in [-0.2, -0.15) is 0 Å². The van der Waals surface area contributed by atoms with Gasteiger partial charge in [0.2, 0.25) is 5.91 Å². The first-order chi connectivity index (χ1) is 17.2. The maximum Gasteiger partial charge on any atom is 0.220 e. The van der Waals surface area contributed by atoms with E-state index in [9.17, 15) is 15.0 Å². The van der Waals surface area contributed by atoms with Gasteiger partial charge in [0.1, 0.15) is 0 Å². The van der Waals surface area contributed by atoms with Crippen molar-refractivity contribution in [3.63, 3.8) is 0 Å². The Hall–Kier alpha value is -0.610. The summed E-state index contributed by atoms with van der Waals surface area (Å²) in [5, 5.41) is 22.2. The van der Waals surface area contributed by atoms with E-state index in [0.717, 1.165) is 12.8 Å². The van der Waals surface area contributed by atoms with Crippen LogP contribution < -0.4 is 5.32 Å². The molecule has 0 aromatic carbocycles. The normalized spacial score (nSPS) is 13.1. The molecule has 0 aliphatic carbocycles. The second-order valence-electron chi connectivity index (χ2n) is 10.8. The minimum atomic E-state index is -0.648. The average molecular weight is 498 g/mol. The lowest BCUT2D eigenvalue weighted by molar-refractivity contribution is -0.122. The molecule has 0 aliphatic rings. The first-order valence-electron chi connectivity index (χ1n) is 15.7. The van der Waals surface area contributed by atoms with Gasteiger partial charge < -0.3 is 15.5 Å². The highest BCUT2D eigenvalue weighted by atomic mass is 16.3. The summed E-state index contributed by atoms with van der Waals surface area (Å²) in [4.78, 5) is 11.4. The molecule has 0 bridgehead atoms. The number of nitrogens with one attached hydrogen (secondary N) is 1. The van der Waals surface area contributed by atoms with Crippen LogP contribution in [0.2, 0.25) is 0 Å². The van der Waals surface area contributed by atoms with Crippen LogP contribution >= 0.6 is 0 Å². The quantitative estimate of drug-likeness (QED) is 0.0947. The van der Waals surface area contributed by atoms with Crippen LogP contribution in [0.1, 0.15) is 174 Å². The molecule has 0 saturated carbocycles. The largest absolute Gasteiger partial charge is 0.394 e. The maximum atomic E-state index is 11.4. The van der Waals surface area contributed by atoms with Crippen LogP contribution in [0.25, 0.3) is 0 Å². The molecule has 0 rings (SSSR count). The predicted octanol–water partition coefficient (Wildman–Crippen LogP) is 8.62. The van der Waals surface area contributed by atoms with E-state index in [1.807, 2.05) is 0 Å². The lowest BCUT2D eigenvalue weighted by atomic mass is 10.0. The number of carbonyl (C=O) groups is 1. The topological polar surface area (TPSA) is 69.6 Å². The Morgan fingerprint density at radius 1 is 0.571 bits per heavy atom. The Morgan fingerprint density at radius 2 is 0.886 bits per heavy atom. The zero-order valence-corrected chi connectivity index (χ0v) is 23.8. The van der Waals surface area contributed by atoms with Gasteiger partial charge in [-0.15, -0.1) is 0 Å². The second-order valence-corrected chi connectivity index (χ2v) is 10.8. The third-order valence-corrected chi connectivity index (χ3v) is 7.43. The van der Waals surface area contributed by atoms with Crippen molar-refractivity contribution in [2.24, 2.45) is 0 Å². The van der Waals surface area contributed by atoms with Crippen molar-refractivity contribution in [2.45, 2.75) is 187 Å². The fraction of sp³-hybridized carbons (Fsp3) is 0.968. The molecule has 0 spiro atoms. The Labute approximate surface area is 219 Å². The number of hydrogen-bond acceptors (Lipinski definition) is 3. The summed E-state index contributed by atoms with van der Waals surface area (Å²) < 4.78 is 0. The molecule has 4 heteroatoms. The SMILES string of the molecule is CCCCCCCCCCCCCCCCCCCCCCCCCC(O)C(CO)NC(=O)CC. The number of hydrogen-bond donors (Lipinski definition) is 3. The minimum absolute atomic E-state index is 0.118. The number of aliphatic hydroxyl groups is 2. The van der Waals surface area contributed by atoms with E-state index in [1.165, 1.54) is 135 Å². The van der Waals surface area contributed by atoms with Crippen LogP contribution in [-0.2, 0) is 4.79 Å². The summed E-state index contributed by atoms with van der Waals surface area (Å²) in [5.74, 6) is -0.118. The van der Waals surface area contributed by atoms with E-state index in [2.05, 4.69) is 12.2 Å². The zero-order chi connectivity index (χ0) is 25.8. The smallest absolute Gasteiger partial charge is 0.220 e. The standard InChI is InChI=1S/C31H63NO3/c1-3-5-6-7-8-9-10-11-12-13-14-15-16-17-18-19-20-21-22-23-24-25-26-27-30(34)29(28-33)32-31(35)4-2/h29-30,33-34H,3-28H2,1-2H3,(H,32,35). The highest BCUT2D eigenvalue weighted by Gasteiger charge is 2.19. The second kappa shape index (κ2) is 28.0. The van der Waals surface area contributed by atoms with Gasteiger partial charge in [0.25, 0.3) is 0 Å². The molecular formula is C31H63NO3. The molecule has 0 aromatic heterocycles. The van der Waals surface area contributed by atoms with E-state index in [4.69, 9.17) is 0 Å². The van der Waals surface area contributed by atoms with Crippen LogP contribution in [0.15, 0.2) is 0 Å². The molecule has 2 atom stereocenters. The predicted molar refractivity (Wildman–Crippen MR) is 152 cm³/mol. The fourth-order valence-corrected chi connectivity index (χ4v) is 4.91. The van der Waals surface area contributed by atoms with Crippen molar-refractivity contribution >= 4 is 5.91 Å². The molecule has 4 nitrogen and oxygen atoms in total. The number of aliphatic hydroxyl groups excluding tert-OH is 2. The van der Waals surface area contributed by atoms with Crippen LogP contribution in [0.3, 0.4) is 0 Å². The zero-order valence-electron chi connectivity index (χ0n) is 23.8. The van der Waals surface area contributed by atoms with E-state index < -0.39 is 12.1 Å². The van der Waals surface area contributed by atoms with E-state index in [0.29, 0.717) is 12.8 Å². The highest BCUT2D eigenvalue weighted by molar-refractivity contribution is 5.75. The van der Waals surface area contributed by atoms with Gasteiger partial charge in [-0.05, 0) is 6.42 Å². The van der Waals surface area contributed by atoms with E-state index in [1.54, 1.807) is 6.92 Å². The van der Waals surface area contributed by atoms with Crippen molar-refractivity contribution in [3.8, 4) is 0 Å². The summed E-state index contributed by atoms with van der Waals surface area (Å²) >= 11 is 0. The molecule has 35 heavy (non-hydrogen) atoms. The van der Waals surface area contributed by atoms with Crippen LogP contribution in [0, 0.1) is 0 Å². The minimum Gasteiger partial charge on any atom is -0.394 e.